The standard InChI is InChI=1S/C10H16O2/c1-8(10(11)12)6-7-9-4-2-3-5-9/h6,9H,2-5,7H2,1H3,(H,11,12). The highest BCUT2D eigenvalue weighted by molar-refractivity contribution is 5.85. The SMILES string of the molecule is CC(=CCC1CCCC1)C(=O)O. The zero-order valence-corrected chi connectivity index (χ0v) is 7.55. The number of aliphatic carboxylic acids is 1. The van der Waals surface area contributed by atoms with Crippen LogP contribution in [0.25, 0.3) is 0 Å². The van der Waals surface area contributed by atoms with Crippen LogP contribution in [0.2, 0.25) is 0 Å². The van der Waals surface area contributed by atoms with Gasteiger partial charge in [-0.1, -0.05) is 31.8 Å². The van der Waals surface area contributed by atoms with Gasteiger partial charge in [-0.25, -0.2) is 4.79 Å². The van der Waals surface area contributed by atoms with E-state index in [1.165, 1.54) is 25.7 Å². The van der Waals surface area contributed by atoms with Gasteiger partial charge in [-0.2, -0.15) is 0 Å². The summed E-state index contributed by atoms with van der Waals surface area (Å²) in [6.07, 6.45) is 8.03. The summed E-state index contributed by atoms with van der Waals surface area (Å²) in [6.45, 7) is 1.66. The Hall–Kier alpha value is -0.790. The van der Waals surface area contributed by atoms with Crippen LogP contribution >= 0.6 is 0 Å². The fraction of sp³-hybridized carbons (Fsp3) is 0.700. The van der Waals surface area contributed by atoms with Gasteiger partial charge in [0.25, 0.3) is 0 Å². The molecule has 1 rings (SSSR count). The van der Waals surface area contributed by atoms with Gasteiger partial charge in [0.2, 0.25) is 0 Å². The van der Waals surface area contributed by atoms with Gasteiger partial charge >= 0.3 is 5.97 Å². The van der Waals surface area contributed by atoms with Crippen molar-refractivity contribution >= 4 is 5.97 Å². The van der Waals surface area contributed by atoms with Crippen molar-refractivity contribution in [1.29, 1.82) is 0 Å². The molecule has 2 nitrogen and oxygen atoms in total. The van der Waals surface area contributed by atoms with Crippen LogP contribution in [-0.2, 0) is 4.79 Å². The van der Waals surface area contributed by atoms with E-state index in [4.69, 9.17) is 5.11 Å². The molecule has 1 N–H and O–H groups in total. The lowest BCUT2D eigenvalue weighted by Crippen LogP contribution is -1.98. The van der Waals surface area contributed by atoms with Crippen molar-refractivity contribution in [1.82, 2.24) is 0 Å². The number of rotatable bonds is 3. The molecule has 0 unspecified atom stereocenters. The molecule has 0 saturated heterocycles. The Bertz CT molecular complexity index is 188. The molecule has 0 aliphatic heterocycles. The fourth-order valence-electron chi connectivity index (χ4n) is 1.68. The molecule has 0 amide bonds. The average Bonchev–Trinajstić information content (AvgIpc) is 2.51. The lowest BCUT2D eigenvalue weighted by atomic mass is 10.0. The van der Waals surface area contributed by atoms with Crippen LogP contribution in [0.5, 0.6) is 0 Å². The second-order valence-electron chi connectivity index (χ2n) is 3.58. The monoisotopic (exact) mass is 168 g/mol. The van der Waals surface area contributed by atoms with E-state index in [1.54, 1.807) is 6.92 Å². The average molecular weight is 168 g/mol. The number of hydrogen-bond acceptors (Lipinski definition) is 1. The summed E-state index contributed by atoms with van der Waals surface area (Å²) in [5.74, 6) is -0.0349. The predicted molar refractivity (Wildman–Crippen MR) is 48.0 cm³/mol. The van der Waals surface area contributed by atoms with Gasteiger partial charge in [0.1, 0.15) is 0 Å². The molecule has 68 valence electrons. The number of carboxylic acid groups (broad SMARTS) is 1. The van der Waals surface area contributed by atoms with Crippen molar-refractivity contribution in [2.75, 3.05) is 0 Å². The molecule has 0 atom stereocenters. The van der Waals surface area contributed by atoms with Gasteiger partial charge in [0.15, 0.2) is 0 Å². The molecular weight excluding hydrogens is 152 g/mol. The van der Waals surface area contributed by atoms with Crippen LogP contribution < -0.4 is 0 Å². The van der Waals surface area contributed by atoms with Gasteiger partial charge in [-0.3, -0.25) is 0 Å². The molecule has 12 heavy (non-hydrogen) atoms. The van der Waals surface area contributed by atoms with Crippen LogP contribution in [0.1, 0.15) is 39.0 Å². The Balaban J connectivity index is 2.31. The van der Waals surface area contributed by atoms with Gasteiger partial charge in [-0.15, -0.1) is 0 Å². The normalized spacial score (nSPS) is 19.9. The third-order valence-electron chi connectivity index (χ3n) is 2.57. The Labute approximate surface area is 73.3 Å². The van der Waals surface area contributed by atoms with E-state index in [0.29, 0.717) is 5.57 Å². The Kier molecular flexibility index (Phi) is 3.32. The topological polar surface area (TPSA) is 37.3 Å². The zero-order valence-electron chi connectivity index (χ0n) is 7.55. The molecule has 1 saturated carbocycles. The summed E-state index contributed by atoms with van der Waals surface area (Å²) in [7, 11) is 0. The van der Waals surface area contributed by atoms with E-state index in [9.17, 15) is 4.79 Å². The van der Waals surface area contributed by atoms with Crippen molar-refractivity contribution in [2.45, 2.75) is 39.0 Å². The third-order valence-corrected chi connectivity index (χ3v) is 2.57. The minimum atomic E-state index is -0.784. The molecule has 2 heteroatoms. The highest BCUT2D eigenvalue weighted by Crippen LogP contribution is 2.27. The van der Waals surface area contributed by atoms with E-state index in [2.05, 4.69) is 0 Å². The molecule has 0 heterocycles. The molecule has 1 fully saturated rings. The summed E-state index contributed by atoms with van der Waals surface area (Å²) < 4.78 is 0. The molecule has 1 aliphatic carbocycles. The summed E-state index contributed by atoms with van der Waals surface area (Å²) in [4.78, 5) is 10.4. The smallest absolute Gasteiger partial charge is 0.330 e. The first-order valence-corrected chi connectivity index (χ1v) is 4.60. The lowest BCUT2D eigenvalue weighted by Gasteiger charge is -2.03. The summed E-state index contributed by atoms with van der Waals surface area (Å²) in [5, 5.41) is 8.59. The quantitative estimate of drug-likeness (QED) is 0.658. The maximum Gasteiger partial charge on any atom is 0.330 e. The Morgan fingerprint density at radius 1 is 1.50 bits per heavy atom. The highest BCUT2D eigenvalue weighted by atomic mass is 16.4. The summed E-state index contributed by atoms with van der Waals surface area (Å²) in [5.41, 5.74) is 0.488. The maximum absolute atomic E-state index is 10.4. The number of allylic oxidation sites excluding steroid dienone is 1. The first kappa shape index (κ1) is 9.30. The maximum atomic E-state index is 10.4. The van der Waals surface area contributed by atoms with Crippen LogP contribution in [0.15, 0.2) is 11.6 Å². The molecule has 0 bridgehead atoms. The van der Waals surface area contributed by atoms with Crippen molar-refractivity contribution in [3.8, 4) is 0 Å². The minimum Gasteiger partial charge on any atom is -0.478 e. The van der Waals surface area contributed by atoms with Crippen LogP contribution in [0.3, 0.4) is 0 Å². The van der Waals surface area contributed by atoms with E-state index in [0.717, 1.165) is 12.3 Å². The van der Waals surface area contributed by atoms with Crippen molar-refractivity contribution < 1.29 is 9.90 Å². The molecule has 0 aromatic heterocycles. The molecule has 0 spiro atoms. The molecule has 0 aromatic carbocycles. The second kappa shape index (κ2) is 4.29. The first-order chi connectivity index (χ1) is 5.70. The molecular formula is C10H16O2. The number of hydrogen-bond donors (Lipinski definition) is 1. The molecule has 0 aromatic rings. The van der Waals surface area contributed by atoms with Crippen LogP contribution in [0, 0.1) is 5.92 Å². The Morgan fingerprint density at radius 3 is 2.58 bits per heavy atom. The van der Waals surface area contributed by atoms with Crippen LogP contribution in [-0.4, -0.2) is 11.1 Å². The van der Waals surface area contributed by atoms with Gasteiger partial charge in [0.05, 0.1) is 0 Å². The van der Waals surface area contributed by atoms with Gasteiger partial charge < -0.3 is 5.11 Å². The fourth-order valence-corrected chi connectivity index (χ4v) is 1.68. The largest absolute Gasteiger partial charge is 0.478 e. The molecule has 0 radical (unpaired) electrons. The first-order valence-electron chi connectivity index (χ1n) is 4.60. The van der Waals surface area contributed by atoms with Crippen LogP contribution in [0.4, 0.5) is 0 Å². The van der Waals surface area contributed by atoms with Crippen molar-refractivity contribution in [3.63, 3.8) is 0 Å². The summed E-state index contributed by atoms with van der Waals surface area (Å²) >= 11 is 0. The highest BCUT2D eigenvalue weighted by Gasteiger charge is 2.13. The van der Waals surface area contributed by atoms with Gasteiger partial charge in [-0.05, 0) is 19.3 Å². The third kappa shape index (κ3) is 2.68. The van der Waals surface area contributed by atoms with Crippen molar-refractivity contribution in [3.05, 3.63) is 11.6 Å². The minimum absolute atomic E-state index is 0.488. The summed E-state index contributed by atoms with van der Waals surface area (Å²) in [6, 6.07) is 0. The second-order valence-corrected chi connectivity index (χ2v) is 3.58. The van der Waals surface area contributed by atoms with E-state index < -0.39 is 5.97 Å². The zero-order chi connectivity index (χ0) is 8.97. The number of carboxylic acids is 1. The Morgan fingerprint density at radius 2 is 2.08 bits per heavy atom. The predicted octanol–water partition coefficient (Wildman–Crippen LogP) is 2.60. The van der Waals surface area contributed by atoms with Gasteiger partial charge in [0, 0.05) is 5.57 Å². The lowest BCUT2D eigenvalue weighted by molar-refractivity contribution is -0.132. The number of carbonyl (C=O) groups is 1. The molecule has 1 aliphatic rings. The van der Waals surface area contributed by atoms with E-state index in [1.807, 2.05) is 6.08 Å². The van der Waals surface area contributed by atoms with Crippen molar-refractivity contribution in [2.24, 2.45) is 5.92 Å². The van der Waals surface area contributed by atoms with E-state index >= 15 is 0 Å². The van der Waals surface area contributed by atoms with E-state index in [-0.39, 0.29) is 0 Å².